The quantitative estimate of drug-likeness (QED) is 0.624. The van der Waals surface area contributed by atoms with Crippen LogP contribution in [-0.2, 0) is 16.4 Å². The van der Waals surface area contributed by atoms with Gasteiger partial charge in [0.2, 0.25) is 10.0 Å². The number of primary sulfonamides is 1. The molecule has 0 saturated heterocycles. The van der Waals surface area contributed by atoms with Crippen molar-refractivity contribution < 1.29 is 12.8 Å². The predicted molar refractivity (Wildman–Crippen MR) is 119 cm³/mol. The van der Waals surface area contributed by atoms with E-state index in [0.29, 0.717) is 16.3 Å². The van der Waals surface area contributed by atoms with Gasteiger partial charge in [0, 0.05) is 22.1 Å². The van der Waals surface area contributed by atoms with Gasteiger partial charge in [-0.15, -0.1) is 0 Å². The van der Waals surface area contributed by atoms with Crippen LogP contribution in [0.5, 0.6) is 0 Å². The average Bonchev–Trinajstić information content (AvgIpc) is 3.13. The molecule has 3 aromatic carbocycles. The van der Waals surface area contributed by atoms with E-state index in [0.717, 1.165) is 24.1 Å². The molecular weight excluding hydrogens is 437 g/mol. The molecule has 0 bridgehead atoms. The molecule has 2 aliphatic rings. The van der Waals surface area contributed by atoms with Gasteiger partial charge < -0.3 is 0 Å². The summed E-state index contributed by atoms with van der Waals surface area (Å²) in [4.78, 5) is 0.00587. The molecule has 1 aliphatic heterocycles. The Morgan fingerprint density at radius 3 is 2.48 bits per heavy atom. The summed E-state index contributed by atoms with van der Waals surface area (Å²) >= 11 is 6.47. The van der Waals surface area contributed by atoms with Crippen molar-refractivity contribution in [3.8, 4) is 0 Å². The van der Waals surface area contributed by atoms with Gasteiger partial charge in [-0.3, -0.25) is 5.01 Å². The van der Waals surface area contributed by atoms with Crippen molar-refractivity contribution in [2.24, 2.45) is 16.2 Å². The van der Waals surface area contributed by atoms with Crippen LogP contribution in [0.3, 0.4) is 0 Å². The first-order valence-corrected chi connectivity index (χ1v) is 11.8. The molecule has 0 radical (unpaired) electrons. The fraction of sp³-hybridized carbons (Fsp3) is 0.174. The molecular formula is C23H19ClFN3O2S. The second-order valence-electron chi connectivity index (χ2n) is 7.75. The highest BCUT2D eigenvalue weighted by molar-refractivity contribution is 7.89. The van der Waals surface area contributed by atoms with E-state index >= 15 is 4.39 Å². The molecule has 2 unspecified atom stereocenters. The number of sulfonamides is 1. The fourth-order valence-electron chi connectivity index (χ4n) is 4.54. The molecule has 2 atom stereocenters. The van der Waals surface area contributed by atoms with E-state index in [-0.39, 0.29) is 16.6 Å². The van der Waals surface area contributed by atoms with Crippen molar-refractivity contribution in [2.45, 2.75) is 23.8 Å². The fourth-order valence-corrected chi connectivity index (χ4v) is 5.33. The minimum atomic E-state index is -3.82. The zero-order valence-electron chi connectivity index (χ0n) is 16.4. The molecule has 31 heavy (non-hydrogen) atoms. The Hall–Kier alpha value is -2.74. The molecule has 0 spiro atoms. The number of halogens is 2. The van der Waals surface area contributed by atoms with E-state index in [1.54, 1.807) is 29.3 Å². The summed E-state index contributed by atoms with van der Waals surface area (Å²) in [6.07, 6.45) is 1.66. The maximum Gasteiger partial charge on any atom is 0.238 e. The third-order valence-corrected chi connectivity index (χ3v) is 7.21. The first-order valence-electron chi connectivity index (χ1n) is 9.87. The van der Waals surface area contributed by atoms with Crippen LogP contribution in [0.2, 0.25) is 5.02 Å². The zero-order valence-corrected chi connectivity index (χ0v) is 17.9. The van der Waals surface area contributed by atoms with Crippen LogP contribution < -0.4 is 10.1 Å². The second-order valence-corrected chi connectivity index (χ2v) is 9.72. The lowest BCUT2D eigenvalue weighted by atomic mass is 9.77. The van der Waals surface area contributed by atoms with Crippen LogP contribution in [0.1, 0.15) is 29.2 Å². The van der Waals surface area contributed by atoms with Crippen LogP contribution in [-0.4, -0.2) is 14.1 Å². The summed E-state index contributed by atoms with van der Waals surface area (Å²) < 4.78 is 38.3. The molecule has 5 rings (SSSR count). The topological polar surface area (TPSA) is 75.8 Å². The van der Waals surface area contributed by atoms with Crippen LogP contribution in [0.4, 0.5) is 10.1 Å². The van der Waals surface area contributed by atoms with Gasteiger partial charge in [0.1, 0.15) is 5.82 Å². The molecule has 8 heteroatoms. The molecule has 0 saturated carbocycles. The highest BCUT2D eigenvalue weighted by atomic mass is 35.5. The number of nitrogens with two attached hydrogens (primary N) is 1. The van der Waals surface area contributed by atoms with Crippen molar-refractivity contribution in [3.05, 3.63) is 94.3 Å². The largest absolute Gasteiger partial charge is 0.257 e. The van der Waals surface area contributed by atoms with Gasteiger partial charge in [-0.2, -0.15) is 5.10 Å². The molecule has 3 aromatic rings. The molecule has 158 valence electrons. The van der Waals surface area contributed by atoms with Crippen molar-refractivity contribution in [2.75, 3.05) is 5.01 Å². The lowest BCUT2D eigenvalue weighted by Gasteiger charge is -2.31. The van der Waals surface area contributed by atoms with E-state index in [1.165, 1.54) is 23.8 Å². The van der Waals surface area contributed by atoms with Crippen LogP contribution in [0, 0.1) is 11.7 Å². The first-order chi connectivity index (χ1) is 14.8. The summed E-state index contributed by atoms with van der Waals surface area (Å²) in [5, 5.41) is 12.2. The van der Waals surface area contributed by atoms with Gasteiger partial charge in [0.25, 0.3) is 0 Å². The minimum absolute atomic E-state index is 0.00587. The van der Waals surface area contributed by atoms with E-state index in [9.17, 15) is 8.42 Å². The molecule has 0 fully saturated rings. The minimum Gasteiger partial charge on any atom is -0.257 e. The van der Waals surface area contributed by atoms with Crippen molar-refractivity contribution in [1.82, 2.24) is 0 Å². The number of hydrogen-bond donors (Lipinski definition) is 1. The number of benzene rings is 3. The van der Waals surface area contributed by atoms with Gasteiger partial charge in [-0.1, -0.05) is 41.9 Å². The molecule has 1 aliphatic carbocycles. The molecule has 0 aromatic heterocycles. The number of fused-ring (bicyclic) bond motifs is 3. The lowest BCUT2D eigenvalue weighted by molar-refractivity contribution is 0.484. The number of anilines is 1. The average molecular weight is 456 g/mol. The number of rotatable bonds is 3. The van der Waals surface area contributed by atoms with Gasteiger partial charge in [0.05, 0.1) is 22.3 Å². The monoisotopic (exact) mass is 455 g/mol. The normalized spacial score (nSPS) is 20.2. The highest BCUT2D eigenvalue weighted by Crippen LogP contribution is 2.47. The molecule has 5 nitrogen and oxygen atoms in total. The Morgan fingerprint density at radius 1 is 1.03 bits per heavy atom. The number of hydrogen-bond acceptors (Lipinski definition) is 4. The predicted octanol–water partition coefficient (Wildman–Crippen LogP) is 4.65. The third-order valence-electron chi connectivity index (χ3n) is 5.95. The van der Waals surface area contributed by atoms with Gasteiger partial charge in [-0.25, -0.2) is 17.9 Å². The van der Waals surface area contributed by atoms with E-state index in [4.69, 9.17) is 21.8 Å². The molecule has 0 amide bonds. The maximum atomic E-state index is 15.0. The Kier molecular flexibility index (Phi) is 4.84. The van der Waals surface area contributed by atoms with Crippen LogP contribution in [0.15, 0.2) is 76.7 Å². The maximum absolute atomic E-state index is 15.0. The Morgan fingerprint density at radius 2 is 1.77 bits per heavy atom. The summed E-state index contributed by atoms with van der Waals surface area (Å²) in [6, 6.07) is 18.4. The van der Waals surface area contributed by atoms with Crippen molar-refractivity contribution in [3.63, 3.8) is 0 Å². The van der Waals surface area contributed by atoms with Gasteiger partial charge >= 0.3 is 0 Å². The first kappa shape index (κ1) is 20.2. The second kappa shape index (κ2) is 7.44. The summed E-state index contributed by atoms with van der Waals surface area (Å²) in [5.74, 6) is -0.443. The van der Waals surface area contributed by atoms with Crippen LogP contribution in [0.25, 0.3) is 0 Å². The lowest BCUT2D eigenvalue weighted by Crippen LogP contribution is -2.29. The third kappa shape index (κ3) is 3.43. The standard InChI is InChI=1S/C23H19ClFN3O2S/c24-19-6-3-7-20(25)21(19)23-18-13-8-14-4-1-2-5-17(14)22(18)27-28(23)15-9-11-16(12-10-15)31(26,29)30/h1-7,9-12,18,23H,8,13H2,(H2,26,29,30). The summed E-state index contributed by atoms with van der Waals surface area (Å²) in [7, 11) is -3.82. The Bertz CT molecular complexity index is 1290. The number of nitrogens with zero attached hydrogens (tertiary/aromatic N) is 2. The van der Waals surface area contributed by atoms with E-state index in [2.05, 4.69) is 6.07 Å². The van der Waals surface area contributed by atoms with E-state index < -0.39 is 16.1 Å². The number of aryl methyl sites for hydroxylation is 1. The summed E-state index contributed by atoms with van der Waals surface area (Å²) in [5.41, 5.74) is 4.18. The smallest absolute Gasteiger partial charge is 0.238 e. The molecule has 1 heterocycles. The Balaban J connectivity index is 1.67. The number of hydrazone groups is 1. The van der Waals surface area contributed by atoms with Crippen molar-refractivity contribution in [1.29, 1.82) is 0 Å². The van der Waals surface area contributed by atoms with Gasteiger partial charge in [-0.05, 0) is 54.8 Å². The Labute approximate surface area is 185 Å². The summed E-state index contributed by atoms with van der Waals surface area (Å²) in [6.45, 7) is 0. The van der Waals surface area contributed by atoms with E-state index in [1.807, 2.05) is 18.2 Å². The van der Waals surface area contributed by atoms with Crippen molar-refractivity contribution >= 4 is 33.0 Å². The zero-order chi connectivity index (χ0) is 21.8. The van der Waals surface area contributed by atoms with Gasteiger partial charge in [0.15, 0.2) is 0 Å². The highest BCUT2D eigenvalue weighted by Gasteiger charge is 2.43. The molecule has 2 N–H and O–H groups in total. The van der Waals surface area contributed by atoms with Crippen LogP contribution >= 0.6 is 11.6 Å². The SMILES string of the molecule is NS(=O)(=O)c1ccc(N2N=C3c4ccccc4CCC3C2c2c(F)cccc2Cl)cc1.